The van der Waals surface area contributed by atoms with Gasteiger partial charge in [0.25, 0.3) is 5.91 Å². The number of rotatable bonds is 7. The van der Waals surface area contributed by atoms with E-state index in [1.807, 2.05) is 32.0 Å². The van der Waals surface area contributed by atoms with Gasteiger partial charge in [0.05, 0.1) is 0 Å². The van der Waals surface area contributed by atoms with Crippen LogP contribution in [0.25, 0.3) is 0 Å². The van der Waals surface area contributed by atoms with Gasteiger partial charge in [-0.2, -0.15) is 0 Å². The van der Waals surface area contributed by atoms with E-state index in [1.54, 1.807) is 12.1 Å². The SMILES string of the molecule is CC(C)c1ccccc1OCC(=O)O[C@@H](C)C(=O)Nc1cccc(F)c1. The molecule has 0 aromatic heterocycles. The van der Waals surface area contributed by atoms with Crippen molar-refractivity contribution in [3.8, 4) is 5.75 Å². The Kier molecular flexibility index (Phi) is 6.72. The fourth-order valence-electron chi connectivity index (χ4n) is 2.32. The standard InChI is InChI=1S/C20H22FNO4/c1-13(2)17-9-4-5-10-18(17)25-12-19(23)26-14(3)20(24)22-16-8-6-7-15(21)11-16/h4-11,13-14H,12H2,1-3H3,(H,22,24)/t14-/m0/s1. The fourth-order valence-corrected chi connectivity index (χ4v) is 2.32. The van der Waals surface area contributed by atoms with Crippen LogP contribution in [0.15, 0.2) is 48.5 Å². The molecule has 6 heteroatoms. The molecule has 2 aromatic carbocycles. The summed E-state index contributed by atoms with van der Waals surface area (Å²) in [4.78, 5) is 24.0. The predicted molar refractivity (Wildman–Crippen MR) is 96.6 cm³/mol. The molecular formula is C20H22FNO4. The number of anilines is 1. The molecule has 0 bridgehead atoms. The number of esters is 1. The van der Waals surface area contributed by atoms with Gasteiger partial charge in [0.2, 0.25) is 0 Å². The number of carbonyl (C=O) groups is 2. The molecule has 5 nitrogen and oxygen atoms in total. The second-order valence-electron chi connectivity index (χ2n) is 6.11. The van der Waals surface area contributed by atoms with Crippen LogP contribution >= 0.6 is 0 Å². The maximum Gasteiger partial charge on any atom is 0.344 e. The number of amides is 1. The number of hydrogen-bond acceptors (Lipinski definition) is 4. The average molecular weight is 359 g/mol. The van der Waals surface area contributed by atoms with Crippen LogP contribution in [0.5, 0.6) is 5.75 Å². The zero-order valence-electron chi connectivity index (χ0n) is 15.0. The monoisotopic (exact) mass is 359 g/mol. The average Bonchev–Trinajstić information content (AvgIpc) is 2.60. The van der Waals surface area contributed by atoms with E-state index in [9.17, 15) is 14.0 Å². The molecule has 0 fully saturated rings. The smallest absolute Gasteiger partial charge is 0.344 e. The maximum absolute atomic E-state index is 13.1. The summed E-state index contributed by atoms with van der Waals surface area (Å²) in [5.74, 6) is -0.823. The van der Waals surface area contributed by atoms with Crippen LogP contribution in [0.3, 0.4) is 0 Å². The van der Waals surface area contributed by atoms with Crippen LogP contribution in [0.1, 0.15) is 32.3 Å². The minimum absolute atomic E-state index is 0.248. The Morgan fingerprint density at radius 3 is 2.50 bits per heavy atom. The van der Waals surface area contributed by atoms with Crippen LogP contribution in [0.4, 0.5) is 10.1 Å². The van der Waals surface area contributed by atoms with Crippen molar-refractivity contribution in [3.63, 3.8) is 0 Å². The van der Waals surface area contributed by atoms with Gasteiger partial charge < -0.3 is 14.8 Å². The number of para-hydroxylation sites is 1. The largest absolute Gasteiger partial charge is 0.482 e. The first-order valence-corrected chi connectivity index (χ1v) is 8.34. The molecule has 0 heterocycles. The number of benzene rings is 2. The van der Waals surface area contributed by atoms with Crippen LogP contribution in [-0.2, 0) is 14.3 Å². The first kappa shape index (κ1) is 19.4. The van der Waals surface area contributed by atoms with E-state index < -0.39 is 23.8 Å². The van der Waals surface area contributed by atoms with Crippen molar-refractivity contribution in [1.82, 2.24) is 0 Å². The van der Waals surface area contributed by atoms with Gasteiger partial charge in [-0.15, -0.1) is 0 Å². The predicted octanol–water partition coefficient (Wildman–Crippen LogP) is 3.90. The van der Waals surface area contributed by atoms with Gasteiger partial charge in [0, 0.05) is 5.69 Å². The third-order valence-electron chi connectivity index (χ3n) is 3.66. The first-order chi connectivity index (χ1) is 12.4. The summed E-state index contributed by atoms with van der Waals surface area (Å²) in [5.41, 5.74) is 1.28. The molecule has 0 spiro atoms. The second-order valence-corrected chi connectivity index (χ2v) is 6.11. The van der Waals surface area contributed by atoms with Crippen molar-refractivity contribution < 1.29 is 23.5 Å². The van der Waals surface area contributed by atoms with Crippen LogP contribution in [0.2, 0.25) is 0 Å². The van der Waals surface area contributed by atoms with Gasteiger partial charge in [-0.3, -0.25) is 4.79 Å². The lowest BCUT2D eigenvalue weighted by Gasteiger charge is -2.16. The molecule has 0 unspecified atom stereocenters. The Balaban J connectivity index is 1.86. The Morgan fingerprint density at radius 2 is 1.81 bits per heavy atom. The zero-order valence-corrected chi connectivity index (χ0v) is 15.0. The molecule has 0 aliphatic rings. The van der Waals surface area contributed by atoms with Crippen molar-refractivity contribution in [2.75, 3.05) is 11.9 Å². The normalized spacial score (nSPS) is 11.7. The lowest BCUT2D eigenvalue weighted by atomic mass is 10.0. The summed E-state index contributed by atoms with van der Waals surface area (Å²) in [6, 6.07) is 12.9. The Labute approximate surface area is 152 Å². The number of halogens is 1. The summed E-state index contributed by atoms with van der Waals surface area (Å²) >= 11 is 0. The van der Waals surface area contributed by atoms with Gasteiger partial charge >= 0.3 is 5.97 Å². The molecule has 0 aliphatic carbocycles. The minimum atomic E-state index is -1.03. The highest BCUT2D eigenvalue weighted by Gasteiger charge is 2.19. The van der Waals surface area contributed by atoms with Crippen LogP contribution in [-0.4, -0.2) is 24.6 Å². The zero-order chi connectivity index (χ0) is 19.1. The molecule has 2 aromatic rings. The van der Waals surface area contributed by atoms with E-state index in [4.69, 9.17) is 9.47 Å². The number of carbonyl (C=O) groups excluding carboxylic acids is 2. The molecule has 1 atom stereocenters. The third kappa shape index (κ3) is 5.58. The van der Waals surface area contributed by atoms with Gasteiger partial charge in [0.1, 0.15) is 11.6 Å². The highest BCUT2D eigenvalue weighted by molar-refractivity contribution is 5.95. The summed E-state index contributed by atoms with van der Waals surface area (Å²) in [5, 5.41) is 2.49. The van der Waals surface area contributed by atoms with E-state index in [-0.39, 0.29) is 12.5 Å². The lowest BCUT2D eigenvalue weighted by Crippen LogP contribution is -2.31. The second kappa shape index (κ2) is 8.99. The van der Waals surface area contributed by atoms with Crippen molar-refractivity contribution in [2.45, 2.75) is 32.8 Å². The number of ether oxygens (including phenoxy) is 2. The third-order valence-corrected chi connectivity index (χ3v) is 3.66. The van der Waals surface area contributed by atoms with E-state index in [0.29, 0.717) is 11.4 Å². The van der Waals surface area contributed by atoms with Gasteiger partial charge in [-0.25, -0.2) is 9.18 Å². The Morgan fingerprint density at radius 1 is 1.08 bits per heavy atom. The van der Waals surface area contributed by atoms with E-state index in [0.717, 1.165) is 5.56 Å². The summed E-state index contributed by atoms with van der Waals surface area (Å²) in [7, 11) is 0. The highest BCUT2D eigenvalue weighted by Crippen LogP contribution is 2.25. The van der Waals surface area contributed by atoms with Crippen molar-refractivity contribution in [3.05, 3.63) is 59.9 Å². The molecule has 0 radical (unpaired) electrons. The Bertz CT molecular complexity index is 776. The summed E-state index contributed by atoms with van der Waals surface area (Å²) in [6.45, 7) is 5.19. The summed E-state index contributed by atoms with van der Waals surface area (Å²) in [6.07, 6.45) is -1.03. The summed E-state index contributed by atoms with van der Waals surface area (Å²) < 4.78 is 23.7. The molecule has 1 N–H and O–H groups in total. The molecule has 0 saturated carbocycles. The first-order valence-electron chi connectivity index (χ1n) is 8.34. The number of nitrogens with one attached hydrogen (secondary N) is 1. The van der Waals surface area contributed by atoms with Gasteiger partial charge in [-0.05, 0) is 42.7 Å². The van der Waals surface area contributed by atoms with Crippen molar-refractivity contribution >= 4 is 17.6 Å². The van der Waals surface area contributed by atoms with E-state index in [1.165, 1.54) is 25.1 Å². The topological polar surface area (TPSA) is 64.6 Å². The quantitative estimate of drug-likeness (QED) is 0.762. The van der Waals surface area contributed by atoms with Gasteiger partial charge in [0.15, 0.2) is 12.7 Å². The maximum atomic E-state index is 13.1. The molecule has 26 heavy (non-hydrogen) atoms. The highest BCUT2D eigenvalue weighted by atomic mass is 19.1. The van der Waals surface area contributed by atoms with Gasteiger partial charge in [-0.1, -0.05) is 38.1 Å². The molecule has 0 saturated heterocycles. The van der Waals surface area contributed by atoms with Crippen LogP contribution < -0.4 is 10.1 Å². The number of hydrogen-bond donors (Lipinski definition) is 1. The molecule has 0 aliphatic heterocycles. The molecular weight excluding hydrogens is 337 g/mol. The van der Waals surface area contributed by atoms with Crippen molar-refractivity contribution in [2.24, 2.45) is 0 Å². The Hall–Kier alpha value is -2.89. The molecule has 138 valence electrons. The minimum Gasteiger partial charge on any atom is -0.482 e. The fraction of sp³-hybridized carbons (Fsp3) is 0.300. The van der Waals surface area contributed by atoms with Crippen molar-refractivity contribution in [1.29, 1.82) is 0 Å². The lowest BCUT2D eigenvalue weighted by molar-refractivity contribution is -0.155. The van der Waals surface area contributed by atoms with E-state index >= 15 is 0 Å². The molecule has 2 rings (SSSR count). The van der Waals surface area contributed by atoms with Crippen LogP contribution in [0, 0.1) is 5.82 Å². The van der Waals surface area contributed by atoms with E-state index in [2.05, 4.69) is 5.32 Å². The molecule has 1 amide bonds.